The Kier molecular flexibility index (Phi) is 3.42. The van der Waals surface area contributed by atoms with Crippen LogP contribution in [0.4, 0.5) is 0 Å². The monoisotopic (exact) mass is 262 g/mol. The Morgan fingerprint density at radius 1 is 0.800 bits per heavy atom. The normalized spacial score (nSPS) is 14.7. The topological polar surface area (TPSA) is 20.2 Å². The maximum absolute atomic E-state index is 10.0. The Morgan fingerprint density at radius 3 is 2.25 bits per heavy atom. The van der Waals surface area contributed by atoms with Crippen molar-refractivity contribution >= 4 is 5.57 Å². The largest absolute Gasteiger partial charge is 0.508 e. The van der Waals surface area contributed by atoms with Gasteiger partial charge in [0.05, 0.1) is 0 Å². The molecule has 0 bridgehead atoms. The molecule has 0 radical (unpaired) electrons. The van der Waals surface area contributed by atoms with Crippen LogP contribution in [0, 0.1) is 6.92 Å². The fourth-order valence-corrected chi connectivity index (χ4v) is 2.54. The van der Waals surface area contributed by atoms with Crippen molar-refractivity contribution in [1.29, 1.82) is 0 Å². The quantitative estimate of drug-likeness (QED) is 0.780. The molecule has 3 rings (SSSR count). The summed E-state index contributed by atoms with van der Waals surface area (Å²) in [6.45, 7) is 2.09. The van der Waals surface area contributed by atoms with E-state index in [0.717, 1.165) is 24.0 Å². The summed E-state index contributed by atoms with van der Waals surface area (Å²) in [5, 5.41) is 10.0. The highest BCUT2D eigenvalue weighted by atomic mass is 16.3. The van der Waals surface area contributed by atoms with Crippen molar-refractivity contribution in [2.75, 3.05) is 0 Å². The van der Waals surface area contributed by atoms with E-state index in [2.05, 4.69) is 55.5 Å². The highest BCUT2D eigenvalue weighted by Crippen LogP contribution is 2.29. The van der Waals surface area contributed by atoms with Gasteiger partial charge in [0, 0.05) is 5.57 Å². The summed E-state index contributed by atoms with van der Waals surface area (Å²) in [6, 6.07) is 16.9. The zero-order chi connectivity index (χ0) is 13.9. The highest BCUT2D eigenvalue weighted by molar-refractivity contribution is 5.80. The molecule has 100 valence electrons. The first-order valence-electron chi connectivity index (χ1n) is 7.01. The van der Waals surface area contributed by atoms with Gasteiger partial charge in [0.2, 0.25) is 0 Å². The molecule has 1 heteroatoms. The summed E-state index contributed by atoms with van der Waals surface area (Å²) >= 11 is 0. The van der Waals surface area contributed by atoms with E-state index in [-0.39, 0.29) is 0 Å². The van der Waals surface area contributed by atoms with E-state index >= 15 is 0 Å². The predicted molar refractivity (Wildman–Crippen MR) is 84.5 cm³/mol. The van der Waals surface area contributed by atoms with E-state index in [9.17, 15) is 5.11 Å². The van der Waals surface area contributed by atoms with E-state index in [1.54, 1.807) is 0 Å². The van der Waals surface area contributed by atoms with Crippen LogP contribution in [0.5, 0.6) is 0 Å². The van der Waals surface area contributed by atoms with Gasteiger partial charge >= 0.3 is 0 Å². The Hall–Kier alpha value is -2.28. The lowest BCUT2D eigenvalue weighted by Gasteiger charge is -2.13. The van der Waals surface area contributed by atoms with Crippen molar-refractivity contribution < 1.29 is 5.11 Å². The minimum atomic E-state index is 0.400. The van der Waals surface area contributed by atoms with Gasteiger partial charge in [-0.25, -0.2) is 0 Å². The zero-order valence-corrected chi connectivity index (χ0v) is 11.6. The molecule has 1 aliphatic carbocycles. The number of aliphatic hydroxyl groups excluding tert-OH is 1. The van der Waals surface area contributed by atoms with Gasteiger partial charge in [-0.2, -0.15) is 0 Å². The van der Waals surface area contributed by atoms with E-state index in [0.29, 0.717) is 5.76 Å². The number of rotatable bonds is 2. The van der Waals surface area contributed by atoms with Crippen LogP contribution in [0.3, 0.4) is 0 Å². The summed E-state index contributed by atoms with van der Waals surface area (Å²) in [4.78, 5) is 0. The maximum atomic E-state index is 10.0. The first kappa shape index (κ1) is 12.7. The molecule has 0 unspecified atom stereocenters. The minimum Gasteiger partial charge on any atom is -0.508 e. The SMILES string of the molecule is Cc1ccc(-c2cccc(C3=CCCC=C3O)c2)cc1. The molecule has 0 aromatic heterocycles. The summed E-state index contributed by atoms with van der Waals surface area (Å²) < 4.78 is 0. The fraction of sp³-hybridized carbons (Fsp3) is 0.158. The minimum absolute atomic E-state index is 0.400. The molecule has 0 amide bonds. The molecule has 1 nitrogen and oxygen atoms in total. The second kappa shape index (κ2) is 5.38. The van der Waals surface area contributed by atoms with Gasteiger partial charge in [-0.3, -0.25) is 0 Å². The first-order valence-corrected chi connectivity index (χ1v) is 7.01. The van der Waals surface area contributed by atoms with Gasteiger partial charge in [0.1, 0.15) is 5.76 Å². The van der Waals surface area contributed by atoms with Gasteiger partial charge in [-0.15, -0.1) is 0 Å². The second-order valence-corrected chi connectivity index (χ2v) is 5.23. The number of allylic oxidation sites excluding steroid dienone is 3. The lowest BCUT2D eigenvalue weighted by molar-refractivity contribution is 0.432. The number of benzene rings is 2. The van der Waals surface area contributed by atoms with Gasteiger partial charge in [-0.05, 0) is 48.6 Å². The molecular weight excluding hydrogens is 244 g/mol. The van der Waals surface area contributed by atoms with Gasteiger partial charge in [-0.1, -0.05) is 54.1 Å². The van der Waals surface area contributed by atoms with Crippen LogP contribution in [0.1, 0.15) is 24.0 Å². The van der Waals surface area contributed by atoms with Crippen LogP contribution >= 0.6 is 0 Å². The van der Waals surface area contributed by atoms with Crippen molar-refractivity contribution in [3.8, 4) is 11.1 Å². The third-order valence-electron chi connectivity index (χ3n) is 3.69. The third-order valence-corrected chi connectivity index (χ3v) is 3.69. The van der Waals surface area contributed by atoms with Crippen molar-refractivity contribution in [2.24, 2.45) is 0 Å². The van der Waals surface area contributed by atoms with Crippen LogP contribution in [0.25, 0.3) is 16.7 Å². The second-order valence-electron chi connectivity index (χ2n) is 5.23. The lowest BCUT2D eigenvalue weighted by atomic mass is 9.94. The molecule has 0 spiro atoms. The van der Waals surface area contributed by atoms with Crippen LogP contribution in [-0.2, 0) is 0 Å². The Bertz CT molecular complexity index is 675. The molecule has 2 aromatic carbocycles. The van der Waals surface area contributed by atoms with Crippen LogP contribution < -0.4 is 0 Å². The molecule has 20 heavy (non-hydrogen) atoms. The van der Waals surface area contributed by atoms with Gasteiger partial charge in [0.25, 0.3) is 0 Å². The number of aryl methyl sites for hydroxylation is 1. The summed E-state index contributed by atoms with van der Waals surface area (Å²) in [5.41, 5.74) is 5.68. The Labute approximate surface area is 119 Å². The van der Waals surface area contributed by atoms with Crippen molar-refractivity contribution in [1.82, 2.24) is 0 Å². The van der Waals surface area contributed by atoms with E-state index in [4.69, 9.17) is 0 Å². The van der Waals surface area contributed by atoms with Gasteiger partial charge in [0.15, 0.2) is 0 Å². The standard InChI is InChI=1S/C19H18O/c1-14-9-11-15(12-10-14)16-5-4-6-17(13-16)18-7-2-3-8-19(18)20/h4-13,20H,2-3H2,1H3. The molecular formula is C19H18O. The molecule has 0 heterocycles. The Balaban J connectivity index is 2.00. The summed E-state index contributed by atoms with van der Waals surface area (Å²) in [6.07, 6.45) is 5.93. The van der Waals surface area contributed by atoms with E-state index in [1.807, 2.05) is 12.1 Å². The zero-order valence-electron chi connectivity index (χ0n) is 11.6. The fourth-order valence-electron chi connectivity index (χ4n) is 2.54. The molecule has 0 saturated carbocycles. The van der Waals surface area contributed by atoms with Crippen molar-refractivity contribution in [2.45, 2.75) is 19.8 Å². The van der Waals surface area contributed by atoms with Crippen LogP contribution in [0.15, 0.2) is 66.4 Å². The summed E-state index contributed by atoms with van der Waals surface area (Å²) in [7, 11) is 0. The predicted octanol–water partition coefficient (Wildman–Crippen LogP) is 5.28. The van der Waals surface area contributed by atoms with Crippen LogP contribution in [0.2, 0.25) is 0 Å². The molecule has 0 atom stereocenters. The molecule has 1 N–H and O–H groups in total. The van der Waals surface area contributed by atoms with E-state index in [1.165, 1.54) is 16.7 Å². The number of hydrogen-bond acceptors (Lipinski definition) is 1. The average molecular weight is 262 g/mol. The van der Waals surface area contributed by atoms with Crippen LogP contribution in [-0.4, -0.2) is 5.11 Å². The summed E-state index contributed by atoms with van der Waals surface area (Å²) in [5.74, 6) is 0.400. The Morgan fingerprint density at radius 2 is 1.50 bits per heavy atom. The maximum Gasteiger partial charge on any atom is 0.119 e. The molecule has 0 fully saturated rings. The number of aliphatic hydroxyl groups is 1. The smallest absolute Gasteiger partial charge is 0.119 e. The van der Waals surface area contributed by atoms with Crippen molar-refractivity contribution in [3.05, 3.63) is 77.6 Å². The van der Waals surface area contributed by atoms with Gasteiger partial charge < -0.3 is 5.11 Å². The van der Waals surface area contributed by atoms with Crippen molar-refractivity contribution in [3.63, 3.8) is 0 Å². The average Bonchev–Trinajstić information content (AvgIpc) is 2.49. The highest BCUT2D eigenvalue weighted by Gasteiger charge is 2.10. The molecule has 2 aromatic rings. The first-order chi connectivity index (χ1) is 9.74. The van der Waals surface area contributed by atoms with E-state index < -0.39 is 0 Å². The molecule has 0 aliphatic heterocycles. The lowest BCUT2D eigenvalue weighted by Crippen LogP contribution is -1.94. The number of hydrogen-bond donors (Lipinski definition) is 1. The molecule has 0 saturated heterocycles. The third kappa shape index (κ3) is 2.53. The molecule has 1 aliphatic rings.